The Balaban J connectivity index is 2.27. The molecule has 15 heavy (non-hydrogen) atoms. The molecule has 0 spiro atoms. The van der Waals surface area contributed by atoms with E-state index in [2.05, 4.69) is 19.1 Å². The minimum absolute atomic E-state index is 0.444. The van der Waals surface area contributed by atoms with E-state index >= 15 is 0 Å². The van der Waals surface area contributed by atoms with Crippen molar-refractivity contribution in [1.82, 2.24) is 0 Å². The second-order valence-corrected chi connectivity index (χ2v) is 5.00. The third-order valence-electron chi connectivity index (χ3n) is 3.75. The molecule has 1 aliphatic rings. The maximum absolute atomic E-state index is 10.6. The number of benzene rings is 1. The van der Waals surface area contributed by atoms with Crippen LogP contribution in [0, 0.1) is 12.8 Å². The summed E-state index contributed by atoms with van der Waals surface area (Å²) < 4.78 is 0. The van der Waals surface area contributed by atoms with Crippen molar-refractivity contribution in [2.75, 3.05) is 0 Å². The highest BCUT2D eigenvalue weighted by Gasteiger charge is 2.35. The summed E-state index contributed by atoms with van der Waals surface area (Å²) in [6.07, 6.45) is 4.88. The van der Waals surface area contributed by atoms with Crippen LogP contribution in [-0.2, 0) is 5.60 Å². The topological polar surface area (TPSA) is 20.2 Å². The van der Waals surface area contributed by atoms with Crippen LogP contribution in [0.1, 0.15) is 43.7 Å². The summed E-state index contributed by atoms with van der Waals surface area (Å²) in [5.41, 5.74) is 1.67. The van der Waals surface area contributed by atoms with Gasteiger partial charge in [0.25, 0.3) is 0 Å². The molecule has 0 heterocycles. The van der Waals surface area contributed by atoms with Crippen molar-refractivity contribution in [3.63, 3.8) is 0 Å². The minimum Gasteiger partial charge on any atom is -0.385 e. The number of aliphatic hydroxyl groups is 1. The van der Waals surface area contributed by atoms with Gasteiger partial charge >= 0.3 is 0 Å². The molecule has 1 aromatic rings. The third kappa shape index (κ3) is 2.07. The number of hydrogen-bond donors (Lipinski definition) is 1. The first-order valence-electron chi connectivity index (χ1n) is 5.90. The lowest BCUT2D eigenvalue weighted by Gasteiger charge is -2.30. The molecule has 1 saturated carbocycles. The van der Waals surface area contributed by atoms with E-state index in [9.17, 15) is 5.11 Å². The van der Waals surface area contributed by atoms with E-state index in [-0.39, 0.29) is 0 Å². The molecular formula is C14H20O. The van der Waals surface area contributed by atoms with Crippen molar-refractivity contribution < 1.29 is 5.11 Å². The van der Waals surface area contributed by atoms with Crippen LogP contribution in [-0.4, -0.2) is 5.11 Å². The predicted molar refractivity (Wildman–Crippen MR) is 62.7 cm³/mol. The van der Waals surface area contributed by atoms with E-state index in [1.54, 1.807) is 0 Å². The van der Waals surface area contributed by atoms with Crippen LogP contribution in [0.3, 0.4) is 0 Å². The molecule has 1 fully saturated rings. The summed E-state index contributed by atoms with van der Waals surface area (Å²) in [4.78, 5) is 0. The Kier molecular flexibility index (Phi) is 2.83. The van der Waals surface area contributed by atoms with Crippen LogP contribution in [0.15, 0.2) is 24.3 Å². The van der Waals surface area contributed by atoms with Gasteiger partial charge < -0.3 is 5.11 Å². The first-order chi connectivity index (χ1) is 7.10. The maximum Gasteiger partial charge on any atom is 0.0896 e. The van der Waals surface area contributed by atoms with Gasteiger partial charge in [0.2, 0.25) is 0 Å². The van der Waals surface area contributed by atoms with Gasteiger partial charge in [0, 0.05) is 0 Å². The SMILES string of the molecule is Cc1cccc(C(C)(O)C2CCCC2)c1. The van der Waals surface area contributed by atoms with E-state index in [1.165, 1.54) is 31.2 Å². The van der Waals surface area contributed by atoms with Crippen molar-refractivity contribution in [1.29, 1.82) is 0 Å². The first-order valence-corrected chi connectivity index (χ1v) is 5.90. The lowest BCUT2D eigenvalue weighted by molar-refractivity contribution is -0.00336. The molecule has 0 amide bonds. The molecule has 82 valence electrons. The van der Waals surface area contributed by atoms with Gasteiger partial charge in [0.1, 0.15) is 0 Å². The van der Waals surface area contributed by atoms with Crippen LogP contribution < -0.4 is 0 Å². The zero-order chi connectivity index (χ0) is 10.9. The fraction of sp³-hybridized carbons (Fsp3) is 0.571. The van der Waals surface area contributed by atoms with Crippen molar-refractivity contribution in [2.24, 2.45) is 5.92 Å². The maximum atomic E-state index is 10.6. The van der Waals surface area contributed by atoms with E-state index in [1.807, 2.05) is 19.1 Å². The molecule has 0 aromatic heterocycles. The Labute approximate surface area is 92.1 Å². The summed E-state index contributed by atoms with van der Waals surface area (Å²) in [6, 6.07) is 8.27. The highest BCUT2D eigenvalue weighted by atomic mass is 16.3. The molecule has 1 heteroatoms. The zero-order valence-electron chi connectivity index (χ0n) is 9.66. The van der Waals surface area contributed by atoms with Crippen molar-refractivity contribution in [3.8, 4) is 0 Å². The lowest BCUT2D eigenvalue weighted by atomic mass is 9.81. The molecule has 1 aliphatic carbocycles. The molecular weight excluding hydrogens is 184 g/mol. The largest absolute Gasteiger partial charge is 0.385 e. The van der Waals surface area contributed by atoms with E-state index in [0.29, 0.717) is 5.92 Å². The van der Waals surface area contributed by atoms with Gasteiger partial charge in [-0.15, -0.1) is 0 Å². The quantitative estimate of drug-likeness (QED) is 0.783. The fourth-order valence-electron chi connectivity index (χ4n) is 2.68. The van der Waals surface area contributed by atoms with Crippen LogP contribution in [0.2, 0.25) is 0 Å². The fourth-order valence-corrected chi connectivity index (χ4v) is 2.68. The standard InChI is InChI=1S/C14H20O/c1-11-6-5-9-13(10-11)14(2,15)12-7-3-4-8-12/h5-6,9-10,12,15H,3-4,7-8H2,1-2H3. The van der Waals surface area contributed by atoms with Crippen LogP contribution in [0.5, 0.6) is 0 Å². The van der Waals surface area contributed by atoms with Crippen LogP contribution >= 0.6 is 0 Å². The summed E-state index contributed by atoms with van der Waals surface area (Å²) >= 11 is 0. The van der Waals surface area contributed by atoms with Gasteiger partial charge in [-0.25, -0.2) is 0 Å². The minimum atomic E-state index is -0.636. The van der Waals surface area contributed by atoms with E-state index < -0.39 is 5.60 Å². The van der Waals surface area contributed by atoms with Gasteiger partial charge in [-0.1, -0.05) is 42.7 Å². The molecule has 1 atom stereocenters. The average molecular weight is 204 g/mol. The van der Waals surface area contributed by atoms with E-state index in [4.69, 9.17) is 0 Å². The molecule has 0 aliphatic heterocycles. The van der Waals surface area contributed by atoms with Gasteiger partial charge in [-0.3, -0.25) is 0 Å². The Morgan fingerprint density at radius 1 is 1.27 bits per heavy atom. The molecule has 1 N–H and O–H groups in total. The van der Waals surface area contributed by atoms with E-state index in [0.717, 1.165) is 5.56 Å². The lowest BCUT2D eigenvalue weighted by Crippen LogP contribution is -2.30. The molecule has 1 nitrogen and oxygen atoms in total. The molecule has 0 radical (unpaired) electrons. The summed E-state index contributed by atoms with van der Waals surface area (Å²) in [7, 11) is 0. The van der Waals surface area contributed by atoms with Crippen molar-refractivity contribution in [2.45, 2.75) is 45.1 Å². The number of aryl methyl sites for hydroxylation is 1. The monoisotopic (exact) mass is 204 g/mol. The highest BCUT2D eigenvalue weighted by molar-refractivity contribution is 5.27. The zero-order valence-corrected chi connectivity index (χ0v) is 9.66. The molecule has 1 unspecified atom stereocenters. The van der Waals surface area contributed by atoms with Crippen molar-refractivity contribution in [3.05, 3.63) is 35.4 Å². The summed E-state index contributed by atoms with van der Waals surface area (Å²) in [6.45, 7) is 4.05. The highest BCUT2D eigenvalue weighted by Crippen LogP contribution is 2.40. The first kappa shape index (κ1) is 10.7. The van der Waals surface area contributed by atoms with Gasteiger partial charge in [0.15, 0.2) is 0 Å². The average Bonchev–Trinajstić information content (AvgIpc) is 2.71. The van der Waals surface area contributed by atoms with Crippen LogP contribution in [0.4, 0.5) is 0 Å². The molecule has 1 aromatic carbocycles. The van der Waals surface area contributed by atoms with Gasteiger partial charge in [-0.05, 0) is 38.2 Å². The molecule has 2 rings (SSSR count). The summed E-state index contributed by atoms with van der Waals surface area (Å²) in [5, 5.41) is 10.6. The van der Waals surface area contributed by atoms with Gasteiger partial charge in [-0.2, -0.15) is 0 Å². The Morgan fingerprint density at radius 2 is 1.93 bits per heavy atom. The normalized spacial score (nSPS) is 21.5. The number of rotatable bonds is 2. The Bertz CT molecular complexity index is 335. The van der Waals surface area contributed by atoms with Crippen LogP contribution in [0.25, 0.3) is 0 Å². The molecule has 0 saturated heterocycles. The smallest absolute Gasteiger partial charge is 0.0896 e. The Hall–Kier alpha value is -0.820. The second-order valence-electron chi connectivity index (χ2n) is 5.00. The number of hydrogen-bond acceptors (Lipinski definition) is 1. The van der Waals surface area contributed by atoms with Crippen molar-refractivity contribution >= 4 is 0 Å². The second kappa shape index (κ2) is 3.97. The van der Waals surface area contributed by atoms with Gasteiger partial charge in [0.05, 0.1) is 5.60 Å². The summed E-state index contributed by atoms with van der Waals surface area (Å²) in [5.74, 6) is 0.444. The third-order valence-corrected chi connectivity index (χ3v) is 3.75. The predicted octanol–water partition coefficient (Wildman–Crippen LogP) is 3.39. The Morgan fingerprint density at radius 3 is 2.53 bits per heavy atom. The molecule has 0 bridgehead atoms.